The van der Waals surface area contributed by atoms with E-state index in [1.165, 1.54) is 0 Å². The molecule has 2 aliphatic heterocycles. The molecule has 0 fully saturated rings. The van der Waals surface area contributed by atoms with Crippen molar-refractivity contribution in [3.8, 4) is 23.0 Å². The zero-order valence-corrected chi connectivity index (χ0v) is 11.9. The van der Waals surface area contributed by atoms with Gasteiger partial charge in [0, 0.05) is 16.7 Å². The Morgan fingerprint density at radius 2 is 1.76 bits per heavy atom. The maximum absolute atomic E-state index is 12.0. The first-order valence-electron chi connectivity index (χ1n) is 7.00. The summed E-state index contributed by atoms with van der Waals surface area (Å²) in [6.07, 6.45) is 0.757. The fraction of sp³-hybridized carbons (Fsp3) is 0.235. The lowest BCUT2D eigenvalue weighted by molar-refractivity contribution is 0.0534. The van der Waals surface area contributed by atoms with Crippen LogP contribution in [0.1, 0.15) is 34.0 Å². The molecule has 0 bridgehead atoms. The molecule has 4 heteroatoms. The van der Waals surface area contributed by atoms with Gasteiger partial charge in [-0.05, 0) is 25.5 Å². The Balaban J connectivity index is 1.99. The lowest BCUT2D eigenvalue weighted by atomic mass is 9.94. The van der Waals surface area contributed by atoms with Crippen molar-refractivity contribution in [3.63, 3.8) is 0 Å². The monoisotopic (exact) mass is 282 g/mol. The third-order valence-electron chi connectivity index (χ3n) is 4.04. The summed E-state index contributed by atoms with van der Waals surface area (Å²) in [5.74, 6) is 2.43. The van der Waals surface area contributed by atoms with E-state index in [9.17, 15) is 4.79 Å². The summed E-state index contributed by atoms with van der Waals surface area (Å²) < 4.78 is 17.2. The van der Waals surface area contributed by atoms with Crippen molar-refractivity contribution in [2.24, 2.45) is 0 Å². The molecule has 4 rings (SSSR count). The molecule has 0 unspecified atom stereocenters. The van der Waals surface area contributed by atoms with Crippen molar-refractivity contribution in [1.82, 2.24) is 0 Å². The van der Waals surface area contributed by atoms with Crippen LogP contribution in [0.15, 0.2) is 24.3 Å². The van der Waals surface area contributed by atoms with Gasteiger partial charge in [0.15, 0.2) is 23.0 Å². The number of cyclic esters (lactones) is 1. The average Bonchev–Trinajstić information content (AvgIpc) is 2.88. The van der Waals surface area contributed by atoms with E-state index >= 15 is 0 Å². The highest BCUT2D eigenvalue weighted by Gasteiger charge is 2.34. The summed E-state index contributed by atoms with van der Waals surface area (Å²) in [5, 5.41) is 0. The van der Waals surface area contributed by atoms with Crippen molar-refractivity contribution in [2.75, 3.05) is 0 Å². The fourth-order valence-electron chi connectivity index (χ4n) is 3.02. The molecule has 0 spiro atoms. The standard InChI is InChI=1S/C17H14O4/c1-3-10-11-8-19-17(18)14(11)9(2)15-16(10)21-13-7-5-4-6-12(13)20-15/h4-7H,3,8H2,1-2H3. The topological polar surface area (TPSA) is 44.8 Å². The van der Waals surface area contributed by atoms with Crippen LogP contribution in [0.2, 0.25) is 0 Å². The van der Waals surface area contributed by atoms with E-state index in [1.54, 1.807) is 0 Å². The summed E-state index contributed by atoms with van der Waals surface area (Å²) in [7, 11) is 0. The molecule has 2 heterocycles. The van der Waals surface area contributed by atoms with Crippen LogP contribution in [-0.2, 0) is 17.8 Å². The predicted molar refractivity (Wildman–Crippen MR) is 76.3 cm³/mol. The van der Waals surface area contributed by atoms with Gasteiger partial charge < -0.3 is 14.2 Å². The van der Waals surface area contributed by atoms with Gasteiger partial charge in [-0.1, -0.05) is 19.1 Å². The lowest BCUT2D eigenvalue weighted by Gasteiger charge is -2.25. The molecule has 0 N–H and O–H groups in total. The predicted octanol–water partition coefficient (Wildman–Crippen LogP) is 4.13. The number of carbonyl (C=O) groups is 1. The highest BCUT2D eigenvalue weighted by molar-refractivity contribution is 5.97. The smallest absolute Gasteiger partial charge is 0.339 e. The van der Waals surface area contributed by atoms with Gasteiger partial charge in [0.1, 0.15) is 6.61 Å². The zero-order chi connectivity index (χ0) is 14.6. The summed E-state index contributed by atoms with van der Waals surface area (Å²) in [6.45, 7) is 4.23. The molecule has 21 heavy (non-hydrogen) atoms. The first-order chi connectivity index (χ1) is 10.2. The maximum atomic E-state index is 12.0. The van der Waals surface area contributed by atoms with Crippen LogP contribution in [-0.4, -0.2) is 5.97 Å². The lowest BCUT2D eigenvalue weighted by Crippen LogP contribution is -2.08. The second-order valence-corrected chi connectivity index (χ2v) is 5.20. The molecule has 0 aliphatic carbocycles. The van der Waals surface area contributed by atoms with Gasteiger partial charge in [-0.3, -0.25) is 0 Å². The van der Waals surface area contributed by atoms with Crippen LogP contribution >= 0.6 is 0 Å². The van der Waals surface area contributed by atoms with Gasteiger partial charge in [0.2, 0.25) is 0 Å². The molecule has 0 aromatic heterocycles. The molecule has 0 saturated carbocycles. The first kappa shape index (κ1) is 12.3. The van der Waals surface area contributed by atoms with Gasteiger partial charge in [-0.25, -0.2) is 4.79 Å². The fourth-order valence-corrected chi connectivity index (χ4v) is 3.02. The Bertz CT molecular complexity index is 777. The van der Waals surface area contributed by atoms with Crippen molar-refractivity contribution >= 4 is 5.97 Å². The molecule has 0 amide bonds. The Morgan fingerprint density at radius 1 is 1.10 bits per heavy atom. The van der Waals surface area contributed by atoms with E-state index in [0.717, 1.165) is 23.1 Å². The molecular formula is C17H14O4. The van der Waals surface area contributed by atoms with Crippen LogP contribution in [0, 0.1) is 6.92 Å². The Kier molecular flexibility index (Phi) is 2.48. The van der Waals surface area contributed by atoms with Crippen LogP contribution in [0.4, 0.5) is 0 Å². The molecule has 2 aromatic rings. The van der Waals surface area contributed by atoms with Gasteiger partial charge in [0.05, 0.1) is 5.56 Å². The van der Waals surface area contributed by atoms with Gasteiger partial charge in [-0.2, -0.15) is 0 Å². The normalized spacial score (nSPS) is 14.5. The number of benzene rings is 2. The minimum absolute atomic E-state index is 0.276. The Morgan fingerprint density at radius 3 is 2.43 bits per heavy atom. The quantitative estimate of drug-likeness (QED) is 0.630. The summed E-state index contributed by atoms with van der Waals surface area (Å²) in [6, 6.07) is 7.54. The van der Waals surface area contributed by atoms with Gasteiger partial charge in [-0.15, -0.1) is 0 Å². The van der Waals surface area contributed by atoms with Crippen LogP contribution in [0.3, 0.4) is 0 Å². The number of carbonyl (C=O) groups excluding carboxylic acids is 1. The maximum Gasteiger partial charge on any atom is 0.339 e. The molecule has 0 saturated heterocycles. The minimum atomic E-state index is -0.276. The highest BCUT2D eigenvalue weighted by atomic mass is 16.6. The Hall–Kier alpha value is -2.49. The van der Waals surface area contributed by atoms with E-state index in [1.807, 2.05) is 38.1 Å². The van der Waals surface area contributed by atoms with E-state index in [4.69, 9.17) is 14.2 Å². The summed E-state index contributed by atoms with van der Waals surface area (Å²) in [4.78, 5) is 12.0. The molecule has 0 atom stereocenters. The molecule has 4 nitrogen and oxygen atoms in total. The van der Waals surface area contributed by atoms with Crippen molar-refractivity contribution < 1.29 is 19.0 Å². The van der Waals surface area contributed by atoms with Crippen LogP contribution < -0.4 is 9.47 Å². The SMILES string of the molecule is CCc1c2c(c(C)c3c1Oc1ccccc1O3)C(=O)OC2. The van der Waals surface area contributed by atoms with Gasteiger partial charge in [0.25, 0.3) is 0 Å². The molecule has 2 aromatic carbocycles. The Labute approximate surface area is 122 Å². The number of ether oxygens (including phenoxy) is 3. The van der Waals surface area contributed by atoms with Crippen LogP contribution in [0.25, 0.3) is 0 Å². The molecule has 106 valence electrons. The molecular weight excluding hydrogens is 268 g/mol. The van der Waals surface area contributed by atoms with Crippen molar-refractivity contribution in [2.45, 2.75) is 26.9 Å². The van der Waals surface area contributed by atoms with E-state index in [0.29, 0.717) is 35.2 Å². The van der Waals surface area contributed by atoms with E-state index < -0.39 is 0 Å². The summed E-state index contributed by atoms with van der Waals surface area (Å²) in [5.41, 5.74) is 3.34. The van der Waals surface area contributed by atoms with Gasteiger partial charge >= 0.3 is 5.97 Å². The molecule has 2 aliphatic rings. The van der Waals surface area contributed by atoms with E-state index in [-0.39, 0.29) is 5.97 Å². The molecule has 0 radical (unpaired) electrons. The number of hydrogen-bond donors (Lipinski definition) is 0. The number of hydrogen-bond acceptors (Lipinski definition) is 4. The van der Waals surface area contributed by atoms with Crippen molar-refractivity contribution in [3.05, 3.63) is 46.5 Å². The number of esters is 1. The van der Waals surface area contributed by atoms with Crippen LogP contribution in [0.5, 0.6) is 23.0 Å². The third kappa shape index (κ3) is 1.59. The summed E-state index contributed by atoms with van der Waals surface area (Å²) >= 11 is 0. The minimum Gasteiger partial charge on any atom is -0.457 e. The zero-order valence-electron chi connectivity index (χ0n) is 11.9. The third-order valence-corrected chi connectivity index (χ3v) is 4.04. The number of para-hydroxylation sites is 2. The number of rotatable bonds is 1. The average molecular weight is 282 g/mol. The largest absolute Gasteiger partial charge is 0.457 e. The highest BCUT2D eigenvalue weighted by Crippen LogP contribution is 2.51. The second kappa shape index (κ2) is 4.25. The second-order valence-electron chi connectivity index (χ2n) is 5.20. The number of fused-ring (bicyclic) bond motifs is 3. The van der Waals surface area contributed by atoms with Crippen molar-refractivity contribution in [1.29, 1.82) is 0 Å². The van der Waals surface area contributed by atoms with E-state index in [2.05, 4.69) is 0 Å². The first-order valence-corrected chi connectivity index (χ1v) is 7.00.